The molecule has 0 bridgehead atoms. The Bertz CT molecular complexity index is 597. The number of aliphatic hydroxyl groups excluding tert-OH is 1. The molecular weight excluding hydrogens is 278 g/mol. The van der Waals surface area contributed by atoms with Gasteiger partial charge in [0.15, 0.2) is 0 Å². The van der Waals surface area contributed by atoms with E-state index in [1.54, 1.807) is 0 Å². The van der Waals surface area contributed by atoms with E-state index in [9.17, 15) is 5.11 Å². The summed E-state index contributed by atoms with van der Waals surface area (Å²) in [5.74, 6) is 1.53. The summed E-state index contributed by atoms with van der Waals surface area (Å²) in [4.78, 5) is 2.32. The largest absolute Gasteiger partial charge is 0.419 e. The fourth-order valence-electron chi connectivity index (χ4n) is 3.04. The molecule has 3 unspecified atom stereocenters. The van der Waals surface area contributed by atoms with Gasteiger partial charge < -0.3 is 9.52 Å². The Labute approximate surface area is 131 Å². The van der Waals surface area contributed by atoms with Gasteiger partial charge in [0.1, 0.15) is 0 Å². The number of nitrogens with zero attached hydrogens (tertiary/aromatic N) is 3. The van der Waals surface area contributed by atoms with Crippen LogP contribution in [0, 0.1) is 5.92 Å². The smallest absolute Gasteiger partial charge is 0.247 e. The molecular formula is C17H23N3O2. The molecule has 5 nitrogen and oxygen atoms in total. The van der Waals surface area contributed by atoms with Crippen molar-refractivity contribution in [2.75, 3.05) is 13.1 Å². The summed E-state index contributed by atoms with van der Waals surface area (Å²) in [5, 5.41) is 18.2. The Kier molecular flexibility index (Phi) is 4.55. The van der Waals surface area contributed by atoms with Crippen molar-refractivity contribution in [3.05, 3.63) is 36.2 Å². The molecule has 1 saturated heterocycles. The van der Waals surface area contributed by atoms with Crippen LogP contribution in [0.3, 0.4) is 0 Å². The van der Waals surface area contributed by atoms with Crippen LogP contribution in [-0.2, 0) is 0 Å². The number of aromatic nitrogens is 2. The predicted octanol–water partition coefficient (Wildman–Crippen LogP) is 2.89. The molecule has 1 aliphatic rings. The van der Waals surface area contributed by atoms with Crippen molar-refractivity contribution in [1.29, 1.82) is 0 Å². The first-order chi connectivity index (χ1) is 10.6. The third kappa shape index (κ3) is 3.20. The molecule has 0 amide bonds. The van der Waals surface area contributed by atoms with Gasteiger partial charge in [0, 0.05) is 12.1 Å². The van der Waals surface area contributed by atoms with Crippen LogP contribution in [0.25, 0.3) is 11.5 Å². The van der Waals surface area contributed by atoms with E-state index in [0.29, 0.717) is 17.7 Å². The number of likely N-dealkylation sites (tertiary alicyclic amines) is 1. The lowest BCUT2D eigenvalue weighted by Gasteiger charge is -2.36. The van der Waals surface area contributed by atoms with E-state index in [0.717, 1.165) is 31.5 Å². The van der Waals surface area contributed by atoms with Crippen LogP contribution >= 0.6 is 0 Å². The molecule has 0 radical (unpaired) electrons. The van der Waals surface area contributed by atoms with Crippen molar-refractivity contribution in [1.82, 2.24) is 15.1 Å². The molecule has 1 N–H and O–H groups in total. The molecule has 2 heterocycles. The van der Waals surface area contributed by atoms with Crippen molar-refractivity contribution in [3.63, 3.8) is 0 Å². The number of hydrogen-bond acceptors (Lipinski definition) is 5. The Balaban J connectivity index is 1.73. The lowest BCUT2D eigenvalue weighted by atomic mass is 9.92. The fourth-order valence-corrected chi connectivity index (χ4v) is 3.04. The fraction of sp³-hybridized carbons (Fsp3) is 0.529. The summed E-state index contributed by atoms with van der Waals surface area (Å²) in [6.07, 6.45) is 1.91. The normalized spacial score (nSPS) is 22.4. The Morgan fingerprint density at radius 3 is 2.73 bits per heavy atom. The number of hydrogen-bond donors (Lipinski definition) is 1. The van der Waals surface area contributed by atoms with Gasteiger partial charge in [0.25, 0.3) is 0 Å². The van der Waals surface area contributed by atoms with Crippen LogP contribution in [0.1, 0.15) is 38.6 Å². The van der Waals surface area contributed by atoms with Crippen molar-refractivity contribution in [2.24, 2.45) is 5.92 Å². The molecule has 3 atom stereocenters. The molecule has 0 aliphatic carbocycles. The molecule has 22 heavy (non-hydrogen) atoms. The van der Waals surface area contributed by atoms with E-state index >= 15 is 0 Å². The van der Waals surface area contributed by atoms with E-state index in [-0.39, 0.29) is 12.1 Å². The summed E-state index contributed by atoms with van der Waals surface area (Å²) in [6.45, 7) is 5.85. The van der Waals surface area contributed by atoms with E-state index in [1.807, 2.05) is 37.3 Å². The highest BCUT2D eigenvalue weighted by molar-refractivity contribution is 5.51. The van der Waals surface area contributed by atoms with Crippen molar-refractivity contribution < 1.29 is 9.52 Å². The molecule has 1 fully saturated rings. The number of aliphatic hydroxyl groups is 1. The molecule has 2 aromatic rings. The minimum Gasteiger partial charge on any atom is -0.419 e. The van der Waals surface area contributed by atoms with Gasteiger partial charge in [0.05, 0.1) is 12.1 Å². The van der Waals surface area contributed by atoms with Crippen molar-refractivity contribution in [2.45, 2.75) is 38.8 Å². The lowest BCUT2D eigenvalue weighted by molar-refractivity contribution is 0.0417. The zero-order valence-corrected chi connectivity index (χ0v) is 13.1. The first-order valence-electron chi connectivity index (χ1n) is 7.96. The highest BCUT2D eigenvalue weighted by atomic mass is 16.4. The van der Waals surface area contributed by atoms with E-state index in [1.165, 1.54) is 0 Å². The molecule has 1 aromatic heterocycles. The summed E-state index contributed by atoms with van der Waals surface area (Å²) in [6, 6.07) is 9.89. The zero-order valence-electron chi connectivity index (χ0n) is 13.1. The Hall–Kier alpha value is -1.72. The van der Waals surface area contributed by atoms with Gasteiger partial charge in [-0.15, -0.1) is 10.2 Å². The highest BCUT2D eigenvalue weighted by Crippen LogP contribution is 2.29. The molecule has 0 saturated carbocycles. The molecule has 1 aromatic carbocycles. The first-order valence-corrected chi connectivity index (χ1v) is 7.96. The van der Waals surface area contributed by atoms with Crippen molar-refractivity contribution in [3.8, 4) is 11.5 Å². The summed E-state index contributed by atoms with van der Waals surface area (Å²) < 4.78 is 5.85. The maximum absolute atomic E-state index is 9.82. The second-order valence-electron chi connectivity index (χ2n) is 6.13. The van der Waals surface area contributed by atoms with E-state index < -0.39 is 0 Å². The second-order valence-corrected chi connectivity index (χ2v) is 6.13. The van der Waals surface area contributed by atoms with Gasteiger partial charge in [-0.1, -0.05) is 18.2 Å². The Morgan fingerprint density at radius 1 is 1.23 bits per heavy atom. The van der Waals surface area contributed by atoms with Crippen LogP contribution in [0.2, 0.25) is 0 Å². The molecule has 5 heteroatoms. The monoisotopic (exact) mass is 301 g/mol. The third-order valence-electron chi connectivity index (χ3n) is 4.54. The highest BCUT2D eigenvalue weighted by Gasteiger charge is 2.29. The van der Waals surface area contributed by atoms with Gasteiger partial charge in [0.2, 0.25) is 11.8 Å². The van der Waals surface area contributed by atoms with Crippen LogP contribution < -0.4 is 0 Å². The van der Waals surface area contributed by atoms with Crippen LogP contribution in [0.5, 0.6) is 0 Å². The first kappa shape index (κ1) is 15.2. The van der Waals surface area contributed by atoms with E-state index in [4.69, 9.17) is 4.42 Å². The standard InChI is InChI=1S/C17H23N3O2/c1-12(20-10-6-9-15(11-20)13(2)21)16-18-19-17(22-16)14-7-4-3-5-8-14/h3-5,7-8,12-13,15,21H,6,9-11H2,1-2H3. The molecule has 3 rings (SSSR count). The Morgan fingerprint density at radius 2 is 2.00 bits per heavy atom. The number of benzene rings is 1. The van der Waals surface area contributed by atoms with E-state index in [2.05, 4.69) is 22.0 Å². The molecule has 0 spiro atoms. The van der Waals surface area contributed by atoms with Gasteiger partial charge in [-0.25, -0.2) is 0 Å². The maximum Gasteiger partial charge on any atom is 0.247 e. The minimum atomic E-state index is -0.266. The average molecular weight is 301 g/mol. The average Bonchev–Trinajstić information content (AvgIpc) is 3.05. The quantitative estimate of drug-likeness (QED) is 0.941. The zero-order chi connectivity index (χ0) is 15.5. The van der Waals surface area contributed by atoms with Crippen LogP contribution in [0.4, 0.5) is 0 Å². The maximum atomic E-state index is 9.82. The van der Waals surface area contributed by atoms with Gasteiger partial charge in [-0.2, -0.15) is 0 Å². The minimum absolute atomic E-state index is 0.0755. The van der Waals surface area contributed by atoms with Gasteiger partial charge in [-0.3, -0.25) is 4.90 Å². The lowest BCUT2D eigenvalue weighted by Crippen LogP contribution is -2.40. The topological polar surface area (TPSA) is 62.4 Å². The number of piperidine rings is 1. The summed E-state index contributed by atoms with van der Waals surface area (Å²) in [7, 11) is 0. The van der Waals surface area contributed by atoms with Crippen LogP contribution in [0.15, 0.2) is 34.7 Å². The van der Waals surface area contributed by atoms with Crippen molar-refractivity contribution >= 4 is 0 Å². The second kappa shape index (κ2) is 6.58. The summed E-state index contributed by atoms with van der Waals surface area (Å²) >= 11 is 0. The molecule has 1 aliphatic heterocycles. The molecule has 118 valence electrons. The summed E-state index contributed by atoms with van der Waals surface area (Å²) in [5.41, 5.74) is 0.939. The third-order valence-corrected chi connectivity index (χ3v) is 4.54. The number of rotatable bonds is 4. The van der Waals surface area contributed by atoms with Gasteiger partial charge >= 0.3 is 0 Å². The predicted molar refractivity (Wildman–Crippen MR) is 84.1 cm³/mol. The van der Waals surface area contributed by atoms with Crippen LogP contribution in [-0.4, -0.2) is 39.4 Å². The van der Waals surface area contributed by atoms with Gasteiger partial charge in [-0.05, 0) is 51.3 Å². The SMILES string of the molecule is CC(O)C1CCCN(C(C)c2nnc(-c3ccccc3)o2)C1.